The first-order valence-corrected chi connectivity index (χ1v) is 10.9. The number of halogens is 3. The van der Waals surface area contributed by atoms with Crippen molar-refractivity contribution in [2.24, 2.45) is 0 Å². The van der Waals surface area contributed by atoms with Crippen molar-refractivity contribution in [3.8, 4) is 10.6 Å². The first kappa shape index (κ1) is 21.9. The van der Waals surface area contributed by atoms with Crippen LogP contribution in [-0.2, 0) is 10.0 Å². The molecule has 0 spiro atoms. The minimum atomic E-state index is -4.66. The molecule has 0 aliphatic heterocycles. The molecule has 1 amide bonds. The Labute approximate surface area is 174 Å². The van der Waals surface area contributed by atoms with Crippen LogP contribution in [0.25, 0.3) is 10.6 Å². The van der Waals surface area contributed by atoms with Gasteiger partial charge in [0.05, 0.1) is 4.90 Å². The summed E-state index contributed by atoms with van der Waals surface area (Å²) in [7, 11) is -4.31. The number of aromatic nitrogens is 1. The molecule has 0 aliphatic rings. The van der Waals surface area contributed by atoms with Gasteiger partial charge in [0.1, 0.15) is 17.2 Å². The molecule has 30 heavy (non-hydrogen) atoms. The van der Waals surface area contributed by atoms with Crippen molar-refractivity contribution in [3.63, 3.8) is 0 Å². The predicted molar refractivity (Wildman–Crippen MR) is 108 cm³/mol. The van der Waals surface area contributed by atoms with E-state index in [9.17, 15) is 26.4 Å². The molecule has 0 fully saturated rings. The van der Waals surface area contributed by atoms with Gasteiger partial charge in [0, 0.05) is 16.6 Å². The monoisotopic (exact) mass is 455 g/mol. The summed E-state index contributed by atoms with van der Waals surface area (Å²) in [5.41, 5.74) is 2.46. The fourth-order valence-electron chi connectivity index (χ4n) is 2.38. The lowest BCUT2D eigenvalue weighted by Gasteiger charge is -2.10. The standard InChI is InChI=1S/C19H16F3N3O3S2/c1-12-2-4-13(5-3-12)18-25-16(10-29-18)17(26)24-14-6-8-15(9-7-14)30(27,28)23-11-19(20,21)22/h2-10,23H,11H2,1H3,(H,24,26). The Kier molecular flexibility index (Phi) is 6.25. The normalized spacial score (nSPS) is 12.0. The number of hydrogen-bond acceptors (Lipinski definition) is 5. The zero-order chi connectivity index (χ0) is 21.9. The third kappa shape index (κ3) is 5.65. The van der Waals surface area contributed by atoms with Gasteiger partial charge < -0.3 is 5.32 Å². The van der Waals surface area contributed by atoms with Crippen molar-refractivity contribution >= 4 is 33.0 Å². The summed E-state index contributed by atoms with van der Waals surface area (Å²) in [6, 6.07) is 12.5. The number of alkyl halides is 3. The summed E-state index contributed by atoms with van der Waals surface area (Å²) in [5.74, 6) is -0.490. The number of hydrogen-bond donors (Lipinski definition) is 2. The number of anilines is 1. The van der Waals surface area contributed by atoms with Crippen LogP contribution >= 0.6 is 11.3 Å². The molecule has 0 bridgehead atoms. The molecule has 0 radical (unpaired) electrons. The molecule has 0 atom stereocenters. The van der Waals surface area contributed by atoms with E-state index in [0.717, 1.165) is 23.3 Å². The van der Waals surface area contributed by atoms with E-state index in [4.69, 9.17) is 0 Å². The Morgan fingerprint density at radius 3 is 2.30 bits per heavy atom. The summed E-state index contributed by atoms with van der Waals surface area (Å²) in [6.45, 7) is 0.300. The molecular formula is C19H16F3N3O3S2. The average molecular weight is 455 g/mol. The van der Waals surface area contributed by atoms with Crippen molar-refractivity contribution < 1.29 is 26.4 Å². The first-order valence-electron chi connectivity index (χ1n) is 8.54. The van der Waals surface area contributed by atoms with E-state index in [0.29, 0.717) is 5.01 Å². The van der Waals surface area contributed by atoms with Crippen LogP contribution in [0.1, 0.15) is 16.1 Å². The van der Waals surface area contributed by atoms with E-state index >= 15 is 0 Å². The molecule has 3 aromatic rings. The minimum Gasteiger partial charge on any atom is -0.321 e. The second-order valence-corrected chi connectivity index (χ2v) is 8.95. The van der Waals surface area contributed by atoms with Gasteiger partial charge in [-0.05, 0) is 31.2 Å². The van der Waals surface area contributed by atoms with Crippen LogP contribution in [0.3, 0.4) is 0 Å². The predicted octanol–water partition coefficient (Wildman–Crippen LogP) is 4.21. The van der Waals surface area contributed by atoms with E-state index in [-0.39, 0.29) is 16.3 Å². The number of nitrogens with one attached hydrogen (secondary N) is 2. The second-order valence-electron chi connectivity index (χ2n) is 6.32. The van der Waals surface area contributed by atoms with Crippen LogP contribution < -0.4 is 10.0 Å². The number of thiazole rings is 1. The Morgan fingerprint density at radius 1 is 1.07 bits per heavy atom. The number of rotatable bonds is 6. The molecule has 6 nitrogen and oxygen atoms in total. The molecule has 1 aromatic heterocycles. The maximum absolute atomic E-state index is 12.4. The lowest BCUT2D eigenvalue weighted by Crippen LogP contribution is -2.33. The van der Waals surface area contributed by atoms with Crippen LogP contribution in [-0.4, -0.2) is 32.0 Å². The van der Waals surface area contributed by atoms with Gasteiger partial charge in [-0.2, -0.15) is 13.2 Å². The summed E-state index contributed by atoms with van der Waals surface area (Å²) < 4.78 is 61.9. The van der Waals surface area contributed by atoms with Crippen molar-refractivity contribution in [1.82, 2.24) is 9.71 Å². The maximum atomic E-state index is 12.4. The Bertz CT molecular complexity index is 1140. The Hall–Kier alpha value is -2.76. The third-order valence-corrected chi connectivity index (χ3v) is 6.23. The first-order chi connectivity index (χ1) is 14.0. The lowest BCUT2D eigenvalue weighted by atomic mass is 10.2. The summed E-state index contributed by atoms with van der Waals surface area (Å²) >= 11 is 1.31. The molecule has 0 saturated heterocycles. The molecule has 11 heteroatoms. The molecule has 0 saturated carbocycles. The molecule has 158 valence electrons. The topological polar surface area (TPSA) is 88.2 Å². The number of aryl methyl sites for hydroxylation is 1. The van der Waals surface area contributed by atoms with Crippen LogP contribution in [0.2, 0.25) is 0 Å². The highest BCUT2D eigenvalue weighted by Crippen LogP contribution is 2.24. The second kappa shape index (κ2) is 8.54. The fraction of sp³-hybridized carbons (Fsp3) is 0.158. The highest BCUT2D eigenvalue weighted by atomic mass is 32.2. The van der Waals surface area contributed by atoms with Crippen molar-refractivity contribution in [2.45, 2.75) is 18.0 Å². The fourth-order valence-corrected chi connectivity index (χ4v) is 4.20. The van der Waals surface area contributed by atoms with E-state index < -0.39 is 28.7 Å². The molecule has 1 heterocycles. The Morgan fingerprint density at radius 2 is 1.70 bits per heavy atom. The highest BCUT2D eigenvalue weighted by molar-refractivity contribution is 7.89. The van der Waals surface area contributed by atoms with Crippen LogP contribution in [0, 0.1) is 6.92 Å². The van der Waals surface area contributed by atoms with Gasteiger partial charge >= 0.3 is 6.18 Å². The summed E-state index contributed by atoms with van der Waals surface area (Å²) in [4.78, 5) is 16.3. The van der Waals surface area contributed by atoms with Gasteiger partial charge in [-0.1, -0.05) is 29.8 Å². The van der Waals surface area contributed by atoms with Crippen molar-refractivity contribution in [1.29, 1.82) is 0 Å². The average Bonchev–Trinajstić information content (AvgIpc) is 3.17. The van der Waals surface area contributed by atoms with Crippen LogP contribution in [0.4, 0.5) is 18.9 Å². The number of amides is 1. The number of benzene rings is 2. The van der Waals surface area contributed by atoms with E-state index in [1.165, 1.54) is 28.2 Å². The SMILES string of the molecule is Cc1ccc(-c2nc(C(=O)Nc3ccc(S(=O)(=O)NCC(F)(F)F)cc3)cs2)cc1. The number of nitrogens with zero attached hydrogens (tertiary/aromatic N) is 1. The molecule has 2 N–H and O–H groups in total. The van der Waals surface area contributed by atoms with Crippen LogP contribution in [0.15, 0.2) is 58.8 Å². The molecule has 3 rings (SSSR count). The van der Waals surface area contributed by atoms with Gasteiger partial charge in [-0.25, -0.2) is 18.1 Å². The number of carbonyl (C=O) groups excluding carboxylic acids is 1. The molecule has 0 unspecified atom stereocenters. The van der Waals surface area contributed by atoms with Gasteiger partial charge in [0.15, 0.2) is 0 Å². The smallest absolute Gasteiger partial charge is 0.321 e. The molecule has 0 aliphatic carbocycles. The zero-order valence-electron chi connectivity index (χ0n) is 15.5. The van der Waals surface area contributed by atoms with E-state index in [1.54, 1.807) is 5.38 Å². The van der Waals surface area contributed by atoms with Crippen molar-refractivity contribution in [3.05, 3.63) is 65.2 Å². The zero-order valence-corrected chi connectivity index (χ0v) is 17.2. The van der Waals surface area contributed by atoms with E-state index in [2.05, 4.69) is 10.3 Å². The van der Waals surface area contributed by atoms with Gasteiger partial charge in [-0.3, -0.25) is 4.79 Å². The van der Waals surface area contributed by atoms with Crippen LogP contribution in [0.5, 0.6) is 0 Å². The summed E-state index contributed by atoms with van der Waals surface area (Å²) in [6.07, 6.45) is -4.66. The third-order valence-electron chi connectivity index (χ3n) is 3.92. The molecule has 2 aromatic carbocycles. The maximum Gasteiger partial charge on any atom is 0.402 e. The van der Waals surface area contributed by atoms with Gasteiger partial charge in [0.25, 0.3) is 5.91 Å². The quantitative estimate of drug-likeness (QED) is 0.583. The van der Waals surface area contributed by atoms with E-state index in [1.807, 2.05) is 31.2 Å². The number of carbonyl (C=O) groups is 1. The Balaban J connectivity index is 1.67. The van der Waals surface area contributed by atoms with Crippen molar-refractivity contribution in [2.75, 3.05) is 11.9 Å². The number of sulfonamides is 1. The highest BCUT2D eigenvalue weighted by Gasteiger charge is 2.30. The largest absolute Gasteiger partial charge is 0.402 e. The minimum absolute atomic E-state index is 0.194. The lowest BCUT2D eigenvalue weighted by molar-refractivity contribution is -0.121. The molecular weight excluding hydrogens is 439 g/mol. The van der Waals surface area contributed by atoms with Gasteiger partial charge in [-0.15, -0.1) is 11.3 Å². The summed E-state index contributed by atoms with van der Waals surface area (Å²) in [5, 5.41) is 4.86. The van der Waals surface area contributed by atoms with Gasteiger partial charge in [0.2, 0.25) is 10.0 Å².